The number of alkyl halides is 1. The van der Waals surface area contributed by atoms with Gasteiger partial charge in [0.05, 0.1) is 6.67 Å². The number of rotatable bonds is 5. The fourth-order valence-corrected chi connectivity index (χ4v) is 2.47. The van der Waals surface area contributed by atoms with Crippen LogP contribution in [0, 0.1) is 0 Å². The summed E-state index contributed by atoms with van der Waals surface area (Å²) in [4.78, 5) is 2.39. The number of hydrogen-bond acceptors (Lipinski definition) is 2. The van der Waals surface area contributed by atoms with Gasteiger partial charge >= 0.3 is 0 Å². The summed E-state index contributed by atoms with van der Waals surface area (Å²) in [5.41, 5.74) is 8.63. The maximum atomic E-state index is 12.0. The first-order valence-corrected chi connectivity index (χ1v) is 6.48. The first-order valence-electron chi connectivity index (χ1n) is 6.48. The molecule has 1 atom stereocenters. The predicted molar refractivity (Wildman–Crippen MR) is 70.0 cm³/mol. The number of benzene rings is 1. The van der Waals surface area contributed by atoms with Crippen molar-refractivity contribution in [3.05, 3.63) is 29.8 Å². The van der Waals surface area contributed by atoms with Gasteiger partial charge in [-0.2, -0.15) is 0 Å². The second kappa shape index (κ2) is 6.01. The summed E-state index contributed by atoms with van der Waals surface area (Å²) in [7, 11) is 0. The van der Waals surface area contributed by atoms with Crippen LogP contribution in [0.25, 0.3) is 0 Å². The molecule has 0 radical (unpaired) electrons. The summed E-state index contributed by atoms with van der Waals surface area (Å²) in [6.07, 6.45) is 3.74. The highest BCUT2D eigenvalue weighted by Crippen LogP contribution is 2.32. The summed E-state index contributed by atoms with van der Waals surface area (Å²) in [6, 6.07) is 8.54. The quantitative estimate of drug-likeness (QED) is 0.796. The second-order valence-electron chi connectivity index (χ2n) is 4.69. The van der Waals surface area contributed by atoms with Crippen LogP contribution in [-0.2, 0) is 0 Å². The largest absolute Gasteiger partial charge is 0.371 e. The third-order valence-electron chi connectivity index (χ3n) is 3.45. The molecule has 0 saturated carbocycles. The molecule has 2 N–H and O–H groups in total. The first-order chi connectivity index (χ1) is 8.33. The van der Waals surface area contributed by atoms with Crippen LogP contribution in [0.4, 0.5) is 10.1 Å². The van der Waals surface area contributed by atoms with Gasteiger partial charge in [-0.3, -0.25) is 4.39 Å². The zero-order valence-electron chi connectivity index (χ0n) is 10.2. The molecule has 94 valence electrons. The lowest BCUT2D eigenvalue weighted by atomic mass is 9.97. The normalized spacial score (nSPS) is 19.2. The lowest BCUT2D eigenvalue weighted by Gasteiger charge is -2.34. The smallest absolute Gasteiger partial charge is 0.0894 e. The summed E-state index contributed by atoms with van der Waals surface area (Å²) in [5.74, 6) is 0. The van der Waals surface area contributed by atoms with Gasteiger partial charge in [-0.25, -0.2) is 0 Å². The molecular weight excluding hydrogens is 215 g/mol. The highest BCUT2D eigenvalue weighted by Gasteiger charge is 2.21. The Labute approximate surface area is 103 Å². The van der Waals surface area contributed by atoms with Gasteiger partial charge in [-0.05, 0) is 37.3 Å². The third kappa shape index (κ3) is 2.97. The Hall–Kier alpha value is -1.09. The number of para-hydroxylation sites is 1. The number of nitrogens with two attached hydrogens (primary N) is 1. The van der Waals surface area contributed by atoms with Crippen molar-refractivity contribution in [2.45, 2.75) is 31.7 Å². The van der Waals surface area contributed by atoms with Crippen molar-refractivity contribution in [1.82, 2.24) is 0 Å². The summed E-state index contributed by atoms with van der Waals surface area (Å²) in [5, 5.41) is 0. The van der Waals surface area contributed by atoms with Gasteiger partial charge in [0.15, 0.2) is 0 Å². The Balaban J connectivity index is 1.98. The molecule has 1 heterocycles. The van der Waals surface area contributed by atoms with Crippen molar-refractivity contribution in [2.24, 2.45) is 5.73 Å². The van der Waals surface area contributed by atoms with E-state index in [-0.39, 0.29) is 12.7 Å². The van der Waals surface area contributed by atoms with Crippen LogP contribution in [0.2, 0.25) is 0 Å². The van der Waals surface area contributed by atoms with Crippen LogP contribution in [0.1, 0.15) is 37.3 Å². The maximum Gasteiger partial charge on any atom is 0.0894 e. The first kappa shape index (κ1) is 12.4. The van der Waals surface area contributed by atoms with Crippen LogP contribution in [0.5, 0.6) is 0 Å². The number of unbranched alkanes of at least 4 members (excludes halogenated alkanes) is 2. The van der Waals surface area contributed by atoms with E-state index in [9.17, 15) is 4.39 Å². The van der Waals surface area contributed by atoms with Crippen LogP contribution in [0.15, 0.2) is 24.3 Å². The topological polar surface area (TPSA) is 29.3 Å². The minimum absolute atomic E-state index is 0.174. The molecule has 0 aromatic heterocycles. The van der Waals surface area contributed by atoms with E-state index in [2.05, 4.69) is 23.1 Å². The number of fused-ring (bicyclic) bond motifs is 1. The van der Waals surface area contributed by atoms with E-state index < -0.39 is 0 Å². The molecule has 1 unspecified atom stereocenters. The Morgan fingerprint density at radius 2 is 2.06 bits per heavy atom. The van der Waals surface area contributed by atoms with Gasteiger partial charge in [-0.1, -0.05) is 18.2 Å². The summed E-state index contributed by atoms with van der Waals surface area (Å²) < 4.78 is 12.0. The molecule has 0 amide bonds. The molecule has 1 aromatic carbocycles. The molecule has 3 heteroatoms. The lowest BCUT2D eigenvalue weighted by Crippen LogP contribution is -2.34. The molecule has 0 bridgehead atoms. The average Bonchev–Trinajstić information content (AvgIpc) is 2.37. The molecule has 1 aliphatic rings. The van der Waals surface area contributed by atoms with Gasteiger partial charge in [0.1, 0.15) is 0 Å². The zero-order chi connectivity index (χ0) is 12.1. The Morgan fingerprint density at radius 1 is 1.24 bits per heavy atom. The van der Waals surface area contributed by atoms with Crippen LogP contribution in [-0.4, -0.2) is 19.8 Å². The van der Waals surface area contributed by atoms with Crippen molar-refractivity contribution in [3.63, 3.8) is 0 Å². The predicted octanol–water partition coefficient (Wildman–Crippen LogP) is 3.04. The van der Waals surface area contributed by atoms with Crippen LogP contribution in [0.3, 0.4) is 0 Å². The minimum atomic E-state index is -0.193. The van der Waals surface area contributed by atoms with E-state index in [1.54, 1.807) is 0 Å². The van der Waals surface area contributed by atoms with Crippen molar-refractivity contribution >= 4 is 5.69 Å². The standard InChI is InChI=1S/C14H21FN2/c15-9-4-1-5-10-17-11-8-13(16)12-6-2-3-7-14(12)17/h2-3,6-7,13H,1,4-5,8-11,16H2. The Morgan fingerprint density at radius 3 is 2.88 bits per heavy atom. The molecule has 1 aliphatic heterocycles. The van der Waals surface area contributed by atoms with Crippen LogP contribution >= 0.6 is 0 Å². The van der Waals surface area contributed by atoms with Crippen LogP contribution < -0.4 is 10.6 Å². The van der Waals surface area contributed by atoms with Gasteiger partial charge in [0.2, 0.25) is 0 Å². The molecule has 0 fully saturated rings. The summed E-state index contributed by atoms with van der Waals surface area (Å²) in [6.45, 7) is 1.85. The number of nitrogens with zero attached hydrogens (tertiary/aromatic N) is 1. The van der Waals surface area contributed by atoms with Gasteiger partial charge in [0, 0.05) is 24.8 Å². The van der Waals surface area contributed by atoms with E-state index in [1.165, 1.54) is 11.3 Å². The highest BCUT2D eigenvalue weighted by molar-refractivity contribution is 5.56. The van der Waals surface area contributed by atoms with Crippen molar-refractivity contribution in [3.8, 4) is 0 Å². The van der Waals surface area contributed by atoms with E-state index in [1.807, 2.05) is 6.07 Å². The maximum absolute atomic E-state index is 12.0. The number of halogens is 1. The summed E-state index contributed by atoms with van der Waals surface area (Å²) >= 11 is 0. The van der Waals surface area contributed by atoms with E-state index in [4.69, 9.17) is 5.73 Å². The third-order valence-corrected chi connectivity index (χ3v) is 3.45. The Bertz CT molecular complexity index is 354. The van der Waals surface area contributed by atoms with E-state index in [0.29, 0.717) is 6.42 Å². The molecule has 2 rings (SSSR count). The van der Waals surface area contributed by atoms with Crippen molar-refractivity contribution in [2.75, 3.05) is 24.7 Å². The van der Waals surface area contributed by atoms with E-state index >= 15 is 0 Å². The molecule has 17 heavy (non-hydrogen) atoms. The molecule has 0 spiro atoms. The SMILES string of the molecule is NC1CCN(CCCCCF)c2ccccc21. The molecule has 1 aromatic rings. The van der Waals surface area contributed by atoms with Gasteiger partial charge in [-0.15, -0.1) is 0 Å². The fraction of sp³-hybridized carbons (Fsp3) is 0.571. The Kier molecular flexibility index (Phi) is 4.37. The second-order valence-corrected chi connectivity index (χ2v) is 4.69. The minimum Gasteiger partial charge on any atom is -0.371 e. The molecule has 2 nitrogen and oxygen atoms in total. The van der Waals surface area contributed by atoms with Crippen molar-refractivity contribution in [1.29, 1.82) is 0 Å². The number of anilines is 1. The lowest BCUT2D eigenvalue weighted by molar-refractivity contribution is 0.454. The zero-order valence-corrected chi connectivity index (χ0v) is 10.2. The van der Waals surface area contributed by atoms with Crippen molar-refractivity contribution < 1.29 is 4.39 Å². The molecule has 0 saturated heterocycles. The molecule has 0 aliphatic carbocycles. The van der Waals surface area contributed by atoms with Gasteiger partial charge < -0.3 is 10.6 Å². The average molecular weight is 236 g/mol. The molecular formula is C14H21FN2. The van der Waals surface area contributed by atoms with Gasteiger partial charge in [0.25, 0.3) is 0 Å². The fourth-order valence-electron chi connectivity index (χ4n) is 2.47. The monoisotopic (exact) mass is 236 g/mol. The number of hydrogen-bond donors (Lipinski definition) is 1. The van der Waals surface area contributed by atoms with E-state index in [0.717, 1.165) is 32.4 Å². The highest BCUT2D eigenvalue weighted by atomic mass is 19.1.